The van der Waals surface area contributed by atoms with E-state index in [1.54, 1.807) is 14.2 Å². The van der Waals surface area contributed by atoms with Crippen molar-refractivity contribution in [3.8, 4) is 11.5 Å². The summed E-state index contributed by atoms with van der Waals surface area (Å²) >= 11 is 0. The van der Waals surface area contributed by atoms with Crippen molar-refractivity contribution in [2.45, 2.75) is 27.2 Å². The summed E-state index contributed by atoms with van der Waals surface area (Å²) in [7, 11) is 3.27. The maximum Gasteiger partial charge on any atom is 0.160 e. The van der Waals surface area contributed by atoms with Gasteiger partial charge in [-0.3, -0.25) is 4.99 Å². The van der Waals surface area contributed by atoms with E-state index in [1.807, 2.05) is 18.2 Å². The smallest absolute Gasteiger partial charge is 0.160 e. The second-order valence-electron chi connectivity index (χ2n) is 5.46. The second kappa shape index (κ2) is 6.45. The molecule has 2 N–H and O–H groups in total. The number of hydrogen-bond acceptors (Lipinski definition) is 3. The lowest BCUT2D eigenvalue weighted by Gasteiger charge is -2.17. The van der Waals surface area contributed by atoms with Gasteiger partial charge in [0.2, 0.25) is 0 Å². The van der Waals surface area contributed by atoms with Gasteiger partial charge in [-0.25, -0.2) is 0 Å². The number of aliphatic imine (C=N–C) groups is 1. The molecular formula is C15H24N2O2. The summed E-state index contributed by atoms with van der Waals surface area (Å²) in [5.74, 6) is 2.17. The predicted molar refractivity (Wildman–Crippen MR) is 79.2 cm³/mol. The van der Waals surface area contributed by atoms with Crippen LogP contribution in [0.2, 0.25) is 0 Å². The quantitative estimate of drug-likeness (QED) is 0.657. The van der Waals surface area contributed by atoms with E-state index in [2.05, 4.69) is 25.8 Å². The first kappa shape index (κ1) is 15.3. The van der Waals surface area contributed by atoms with E-state index in [0.717, 1.165) is 23.5 Å². The van der Waals surface area contributed by atoms with Crippen molar-refractivity contribution in [2.24, 2.45) is 16.1 Å². The molecule has 0 aromatic heterocycles. The third kappa shape index (κ3) is 4.47. The topological polar surface area (TPSA) is 56.8 Å². The van der Waals surface area contributed by atoms with Crippen LogP contribution in [0.4, 0.5) is 0 Å². The number of nitrogens with two attached hydrogens (primary N) is 1. The summed E-state index contributed by atoms with van der Waals surface area (Å²) in [6, 6.07) is 5.90. The van der Waals surface area contributed by atoms with E-state index < -0.39 is 0 Å². The molecule has 0 aliphatic rings. The molecule has 0 aliphatic carbocycles. The summed E-state index contributed by atoms with van der Waals surface area (Å²) < 4.78 is 10.5. The average molecular weight is 264 g/mol. The highest BCUT2D eigenvalue weighted by molar-refractivity contribution is 5.85. The molecule has 4 nitrogen and oxygen atoms in total. The van der Waals surface area contributed by atoms with Gasteiger partial charge in [-0.05, 0) is 24.1 Å². The predicted octanol–water partition coefficient (Wildman–Crippen LogP) is 2.65. The molecular weight excluding hydrogens is 240 g/mol. The Balaban J connectivity index is 2.69. The Hall–Kier alpha value is -1.71. The summed E-state index contributed by atoms with van der Waals surface area (Å²) in [6.45, 7) is 6.85. The van der Waals surface area contributed by atoms with Gasteiger partial charge in [-0.15, -0.1) is 0 Å². The summed E-state index contributed by atoms with van der Waals surface area (Å²) in [6.07, 6.45) is 0.830. The summed E-state index contributed by atoms with van der Waals surface area (Å²) in [4.78, 5) is 4.41. The van der Waals surface area contributed by atoms with Crippen molar-refractivity contribution < 1.29 is 9.47 Å². The monoisotopic (exact) mass is 264 g/mol. The number of ether oxygens (including phenoxy) is 2. The molecule has 0 saturated carbocycles. The number of benzene rings is 1. The highest BCUT2D eigenvalue weighted by atomic mass is 16.5. The van der Waals surface area contributed by atoms with Crippen molar-refractivity contribution in [1.29, 1.82) is 0 Å². The van der Waals surface area contributed by atoms with Gasteiger partial charge < -0.3 is 15.2 Å². The van der Waals surface area contributed by atoms with Crippen LogP contribution in [-0.2, 0) is 6.42 Å². The van der Waals surface area contributed by atoms with E-state index >= 15 is 0 Å². The molecule has 0 radical (unpaired) electrons. The Bertz CT molecular complexity index is 448. The molecule has 0 unspecified atom stereocenters. The lowest BCUT2D eigenvalue weighted by atomic mass is 9.95. The highest BCUT2D eigenvalue weighted by Gasteiger charge is 2.14. The second-order valence-corrected chi connectivity index (χ2v) is 5.46. The Morgan fingerprint density at radius 3 is 2.32 bits per heavy atom. The normalized spacial score (nSPS) is 12.4. The van der Waals surface area contributed by atoms with Crippen LogP contribution < -0.4 is 15.2 Å². The van der Waals surface area contributed by atoms with E-state index in [1.165, 1.54) is 0 Å². The zero-order chi connectivity index (χ0) is 14.5. The van der Waals surface area contributed by atoms with Crippen molar-refractivity contribution in [3.63, 3.8) is 0 Å². The van der Waals surface area contributed by atoms with Crippen LogP contribution in [0.15, 0.2) is 23.2 Å². The maximum absolute atomic E-state index is 5.92. The van der Waals surface area contributed by atoms with E-state index in [0.29, 0.717) is 12.4 Å². The minimum Gasteiger partial charge on any atom is -0.493 e. The Morgan fingerprint density at radius 2 is 1.79 bits per heavy atom. The van der Waals surface area contributed by atoms with E-state index in [9.17, 15) is 0 Å². The molecule has 0 aliphatic heterocycles. The van der Waals surface area contributed by atoms with Crippen LogP contribution in [0.5, 0.6) is 11.5 Å². The molecule has 1 aromatic rings. The number of hydrogen-bond donors (Lipinski definition) is 1. The lowest BCUT2D eigenvalue weighted by Crippen LogP contribution is -2.29. The molecule has 0 fully saturated rings. The van der Waals surface area contributed by atoms with Gasteiger partial charge in [0.1, 0.15) is 0 Å². The van der Waals surface area contributed by atoms with Crippen LogP contribution >= 0.6 is 0 Å². The molecule has 0 heterocycles. The molecule has 0 saturated heterocycles. The molecule has 0 atom stereocenters. The van der Waals surface area contributed by atoms with Gasteiger partial charge in [-0.2, -0.15) is 0 Å². The van der Waals surface area contributed by atoms with Crippen molar-refractivity contribution in [1.82, 2.24) is 0 Å². The molecule has 106 valence electrons. The first-order chi connectivity index (χ1) is 8.88. The summed E-state index contributed by atoms with van der Waals surface area (Å²) in [5.41, 5.74) is 7.01. The molecule has 1 aromatic carbocycles. The molecule has 0 amide bonds. The van der Waals surface area contributed by atoms with Crippen LogP contribution in [0, 0.1) is 5.41 Å². The van der Waals surface area contributed by atoms with Crippen molar-refractivity contribution in [3.05, 3.63) is 23.8 Å². The SMILES string of the molecule is COc1ccc(CCN=C(N)C(C)(C)C)cc1OC. The number of amidine groups is 1. The van der Waals surface area contributed by atoms with E-state index in [-0.39, 0.29) is 5.41 Å². The fourth-order valence-electron chi connectivity index (χ4n) is 1.58. The maximum atomic E-state index is 5.92. The van der Waals surface area contributed by atoms with E-state index in [4.69, 9.17) is 15.2 Å². The van der Waals surface area contributed by atoms with Gasteiger partial charge in [0.15, 0.2) is 11.5 Å². The van der Waals surface area contributed by atoms with Crippen LogP contribution in [0.25, 0.3) is 0 Å². The highest BCUT2D eigenvalue weighted by Crippen LogP contribution is 2.27. The first-order valence-electron chi connectivity index (χ1n) is 6.39. The Labute approximate surface area is 115 Å². The average Bonchev–Trinajstić information content (AvgIpc) is 2.37. The third-order valence-corrected chi connectivity index (χ3v) is 2.90. The van der Waals surface area contributed by atoms with Crippen LogP contribution in [-0.4, -0.2) is 26.6 Å². The zero-order valence-corrected chi connectivity index (χ0v) is 12.5. The molecule has 0 spiro atoms. The Morgan fingerprint density at radius 1 is 1.16 bits per heavy atom. The number of nitrogens with zero attached hydrogens (tertiary/aromatic N) is 1. The minimum atomic E-state index is -0.0718. The first-order valence-corrected chi connectivity index (χ1v) is 6.39. The third-order valence-electron chi connectivity index (χ3n) is 2.90. The van der Waals surface area contributed by atoms with Gasteiger partial charge in [-0.1, -0.05) is 26.8 Å². The zero-order valence-electron chi connectivity index (χ0n) is 12.5. The van der Waals surface area contributed by atoms with Gasteiger partial charge in [0.05, 0.1) is 20.1 Å². The number of rotatable bonds is 5. The van der Waals surface area contributed by atoms with Crippen LogP contribution in [0.3, 0.4) is 0 Å². The molecule has 19 heavy (non-hydrogen) atoms. The van der Waals surface area contributed by atoms with Gasteiger partial charge in [0, 0.05) is 12.0 Å². The summed E-state index contributed by atoms with van der Waals surface area (Å²) in [5, 5.41) is 0. The largest absolute Gasteiger partial charge is 0.493 e. The molecule has 4 heteroatoms. The van der Waals surface area contributed by atoms with Crippen LogP contribution in [0.1, 0.15) is 26.3 Å². The minimum absolute atomic E-state index is 0.0718. The Kier molecular flexibility index (Phi) is 5.21. The molecule has 1 rings (SSSR count). The van der Waals surface area contributed by atoms with Gasteiger partial charge in [0.25, 0.3) is 0 Å². The molecule has 0 bridgehead atoms. The standard InChI is InChI=1S/C15H24N2O2/c1-15(2,3)14(16)17-9-8-11-6-7-12(18-4)13(10-11)19-5/h6-7,10H,8-9H2,1-5H3,(H2,16,17). The fraction of sp³-hybridized carbons (Fsp3) is 0.533. The number of methoxy groups -OCH3 is 2. The fourth-order valence-corrected chi connectivity index (χ4v) is 1.58. The van der Waals surface area contributed by atoms with Crippen molar-refractivity contribution in [2.75, 3.05) is 20.8 Å². The van der Waals surface area contributed by atoms with Crippen molar-refractivity contribution >= 4 is 5.84 Å². The lowest BCUT2D eigenvalue weighted by molar-refractivity contribution is 0.354. The van der Waals surface area contributed by atoms with Gasteiger partial charge >= 0.3 is 0 Å².